The first-order valence-electron chi connectivity index (χ1n) is 6.72. The number of carboxylic acid groups (broad SMARTS) is 1. The number of para-hydroxylation sites is 1. The van der Waals surface area contributed by atoms with Gasteiger partial charge in [0.15, 0.2) is 0 Å². The average Bonchev–Trinajstić information content (AvgIpc) is 2.94. The van der Waals surface area contributed by atoms with Crippen LogP contribution in [0.5, 0.6) is 0 Å². The third-order valence-electron chi connectivity index (χ3n) is 3.56. The molecule has 24 heavy (non-hydrogen) atoms. The van der Waals surface area contributed by atoms with Crippen molar-refractivity contribution in [3.8, 4) is 0 Å². The Morgan fingerprint density at radius 3 is 2.46 bits per heavy atom. The van der Waals surface area contributed by atoms with E-state index in [2.05, 4.69) is 0 Å². The highest BCUT2D eigenvalue weighted by atomic mass is 35.5. The molecule has 0 amide bonds. The lowest BCUT2D eigenvalue weighted by molar-refractivity contribution is -0.384. The molecule has 7 nitrogen and oxygen atoms in total. The minimum absolute atomic E-state index is 0.0167. The van der Waals surface area contributed by atoms with Crippen LogP contribution < -0.4 is 0 Å². The molecule has 1 heterocycles. The van der Waals surface area contributed by atoms with Crippen LogP contribution in [-0.2, 0) is 0 Å². The van der Waals surface area contributed by atoms with E-state index in [0.717, 1.165) is 6.07 Å². The molecule has 3 aromatic rings. The van der Waals surface area contributed by atoms with Gasteiger partial charge >= 0.3 is 5.97 Å². The Balaban J connectivity index is 2.16. The van der Waals surface area contributed by atoms with Gasteiger partial charge in [0, 0.05) is 23.7 Å². The molecule has 0 aliphatic rings. The number of hydrogen-bond donors (Lipinski definition) is 1. The molecule has 1 N–H and O–H groups in total. The first-order valence-corrected chi connectivity index (χ1v) is 7.10. The summed E-state index contributed by atoms with van der Waals surface area (Å²) in [5.41, 5.74) is 0.200. The zero-order valence-corrected chi connectivity index (χ0v) is 12.7. The summed E-state index contributed by atoms with van der Waals surface area (Å²) in [4.78, 5) is 34.2. The number of nitro groups is 1. The Morgan fingerprint density at radius 2 is 1.83 bits per heavy atom. The Kier molecular flexibility index (Phi) is 3.78. The van der Waals surface area contributed by atoms with Gasteiger partial charge in [0.25, 0.3) is 11.6 Å². The van der Waals surface area contributed by atoms with Gasteiger partial charge in [-0.3, -0.25) is 19.5 Å². The number of halogens is 1. The number of nitrogens with zero attached hydrogens (tertiary/aromatic N) is 2. The number of rotatable bonds is 3. The van der Waals surface area contributed by atoms with E-state index in [0.29, 0.717) is 10.9 Å². The van der Waals surface area contributed by atoms with Gasteiger partial charge in [0.05, 0.1) is 26.6 Å². The first-order chi connectivity index (χ1) is 11.4. The van der Waals surface area contributed by atoms with Crippen molar-refractivity contribution in [3.63, 3.8) is 0 Å². The summed E-state index contributed by atoms with van der Waals surface area (Å²) in [7, 11) is 0. The van der Waals surface area contributed by atoms with Gasteiger partial charge in [-0.25, -0.2) is 4.79 Å². The van der Waals surface area contributed by atoms with E-state index < -0.39 is 16.8 Å². The van der Waals surface area contributed by atoms with Crippen LogP contribution in [0.3, 0.4) is 0 Å². The van der Waals surface area contributed by atoms with Crippen molar-refractivity contribution in [2.75, 3.05) is 0 Å². The van der Waals surface area contributed by atoms with Gasteiger partial charge in [0.2, 0.25) is 0 Å². The zero-order valence-electron chi connectivity index (χ0n) is 12.0. The Morgan fingerprint density at radius 1 is 1.12 bits per heavy atom. The maximum atomic E-state index is 12.7. The number of carbonyl (C=O) groups excluding carboxylic acids is 1. The highest BCUT2D eigenvalue weighted by Gasteiger charge is 2.21. The Labute approximate surface area is 139 Å². The van der Waals surface area contributed by atoms with Crippen LogP contribution in [0.1, 0.15) is 20.7 Å². The van der Waals surface area contributed by atoms with Crippen LogP contribution >= 0.6 is 11.6 Å². The summed E-state index contributed by atoms with van der Waals surface area (Å²) in [5, 5.41) is 20.4. The second-order valence-electron chi connectivity index (χ2n) is 4.96. The lowest BCUT2D eigenvalue weighted by atomic mass is 10.1. The molecular weight excluding hydrogens is 336 g/mol. The summed E-state index contributed by atoms with van der Waals surface area (Å²) >= 11 is 5.98. The second kappa shape index (κ2) is 5.78. The van der Waals surface area contributed by atoms with Crippen molar-refractivity contribution < 1.29 is 19.6 Å². The summed E-state index contributed by atoms with van der Waals surface area (Å²) in [6, 6.07) is 10.1. The van der Waals surface area contributed by atoms with Crippen molar-refractivity contribution in [3.05, 3.63) is 74.9 Å². The minimum Gasteiger partial charge on any atom is -0.478 e. The van der Waals surface area contributed by atoms with Crippen LogP contribution in [0.2, 0.25) is 5.02 Å². The van der Waals surface area contributed by atoms with E-state index >= 15 is 0 Å². The van der Waals surface area contributed by atoms with E-state index in [-0.39, 0.29) is 21.8 Å². The van der Waals surface area contributed by atoms with E-state index in [4.69, 9.17) is 11.6 Å². The van der Waals surface area contributed by atoms with Crippen LogP contribution in [0.4, 0.5) is 5.69 Å². The molecule has 0 bridgehead atoms. The molecule has 0 aliphatic carbocycles. The number of nitro benzene ring substituents is 1. The van der Waals surface area contributed by atoms with Crippen LogP contribution in [-0.4, -0.2) is 26.5 Å². The molecule has 0 radical (unpaired) electrons. The van der Waals surface area contributed by atoms with Gasteiger partial charge in [-0.15, -0.1) is 0 Å². The van der Waals surface area contributed by atoms with E-state index in [1.807, 2.05) is 0 Å². The van der Waals surface area contributed by atoms with Crippen LogP contribution in [0.15, 0.2) is 48.7 Å². The fraction of sp³-hybridized carbons (Fsp3) is 0. The molecular formula is C16H9ClN2O5. The van der Waals surface area contributed by atoms with E-state index in [1.54, 1.807) is 24.3 Å². The molecule has 0 unspecified atom stereocenters. The predicted octanol–water partition coefficient (Wildman–Crippen LogP) is 3.59. The molecule has 8 heteroatoms. The topological polar surface area (TPSA) is 102 Å². The molecule has 0 atom stereocenters. The van der Waals surface area contributed by atoms with Gasteiger partial charge < -0.3 is 5.11 Å². The molecule has 0 saturated carbocycles. The molecule has 2 aromatic carbocycles. The average molecular weight is 345 g/mol. The maximum Gasteiger partial charge on any atom is 0.337 e. The van der Waals surface area contributed by atoms with Crippen molar-refractivity contribution in [1.29, 1.82) is 0 Å². The molecule has 0 spiro atoms. The van der Waals surface area contributed by atoms with Crippen molar-refractivity contribution in [2.24, 2.45) is 0 Å². The summed E-state index contributed by atoms with van der Waals surface area (Å²) < 4.78 is 1.17. The van der Waals surface area contributed by atoms with Gasteiger partial charge in [0.1, 0.15) is 0 Å². The monoisotopic (exact) mass is 344 g/mol. The van der Waals surface area contributed by atoms with Gasteiger partial charge in [-0.05, 0) is 12.1 Å². The predicted molar refractivity (Wildman–Crippen MR) is 86.7 cm³/mol. The number of hydrogen-bond acceptors (Lipinski definition) is 4. The van der Waals surface area contributed by atoms with Crippen LogP contribution in [0.25, 0.3) is 10.9 Å². The SMILES string of the molecule is O=C(O)c1cn(C(=O)c2ccc([N+](=O)[O-])cc2Cl)c2ccccc12. The standard InChI is InChI=1S/C16H9ClN2O5/c17-13-7-9(19(23)24)5-6-11(13)15(20)18-8-12(16(21)22)10-3-1-2-4-14(10)18/h1-8H,(H,21,22). The molecule has 3 rings (SSSR count). The maximum absolute atomic E-state index is 12.7. The number of benzene rings is 2. The first kappa shape index (κ1) is 15.7. The zero-order chi connectivity index (χ0) is 17.4. The molecule has 0 aliphatic heterocycles. The smallest absolute Gasteiger partial charge is 0.337 e. The molecule has 120 valence electrons. The normalized spacial score (nSPS) is 10.7. The highest BCUT2D eigenvalue weighted by molar-refractivity contribution is 6.34. The van der Waals surface area contributed by atoms with E-state index in [9.17, 15) is 24.8 Å². The third-order valence-corrected chi connectivity index (χ3v) is 3.87. The fourth-order valence-corrected chi connectivity index (χ4v) is 2.69. The summed E-state index contributed by atoms with van der Waals surface area (Å²) in [6.45, 7) is 0. The van der Waals surface area contributed by atoms with Crippen molar-refractivity contribution in [2.45, 2.75) is 0 Å². The van der Waals surface area contributed by atoms with Crippen LogP contribution in [0, 0.1) is 10.1 Å². The Bertz CT molecular complexity index is 1010. The number of aromatic carboxylic acids is 1. The van der Waals surface area contributed by atoms with E-state index in [1.165, 1.54) is 22.9 Å². The number of aromatic nitrogens is 1. The Hall–Kier alpha value is -3.19. The second-order valence-corrected chi connectivity index (χ2v) is 5.37. The number of carboxylic acids is 1. The lowest BCUT2D eigenvalue weighted by Crippen LogP contribution is -2.11. The number of carbonyl (C=O) groups is 2. The highest BCUT2D eigenvalue weighted by Crippen LogP contribution is 2.27. The van der Waals surface area contributed by atoms with Gasteiger partial charge in [-0.1, -0.05) is 29.8 Å². The summed E-state index contributed by atoms with van der Waals surface area (Å²) in [6.07, 6.45) is 1.22. The molecule has 0 saturated heterocycles. The molecule has 0 fully saturated rings. The van der Waals surface area contributed by atoms with Gasteiger partial charge in [-0.2, -0.15) is 0 Å². The fourth-order valence-electron chi connectivity index (χ4n) is 2.44. The lowest BCUT2D eigenvalue weighted by Gasteiger charge is -2.06. The summed E-state index contributed by atoms with van der Waals surface area (Å²) in [5.74, 6) is -1.73. The van der Waals surface area contributed by atoms with Crippen molar-refractivity contribution in [1.82, 2.24) is 4.57 Å². The minimum atomic E-state index is -1.16. The third kappa shape index (κ3) is 2.50. The quantitative estimate of drug-likeness (QED) is 0.577. The number of fused-ring (bicyclic) bond motifs is 1. The largest absolute Gasteiger partial charge is 0.478 e. The van der Waals surface area contributed by atoms with Crippen molar-refractivity contribution >= 4 is 40.1 Å². The number of non-ortho nitro benzene ring substituents is 1. The molecule has 1 aromatic heterocycles.